The highest BCUT2D eigenvalue weighted by molar-refractivity contribution is 9.10. The Labute approximate surface area is 139 Å². The second-order valence-corrected chi connectivity index (χ2v) is 8.29. The molecule has 1 heterocycles. The molecular weight excluding hydrogens is 350 g/mol. The maximum absolute atomic E-state index is 6.07. The highest BCUT2D eigenvalue weighted by Gasteiger charge is 2.20. The number of nitrogens with zero attached hydrogens (tertiary/aromatic N) is 2. The smallest absolute Gasteiger partial charge is 0.191 e. The van der Waals surface area contributed by atoms with Crippen molar-refractivity contribution in [1.82, 2.24) is 4.90 Å². The molecule has 0 atom stereocenters. The van der Waals surface area contributed by atoms with Crippen molar-refractivity contribution < 1.29 is 4.74 Å². The van der Waals surface area contributed by atoms with Gasteiger partial charge in [-0.2, -0.15) is 0 Å². The van der Waals surface area contributed by atoms with Crippen LogP contribution in [-0.4, -0.2) is 48.5 Å². The maximum atomic E-state index is 6.07. The van der Waals surface area contributed by atoms with Crippen LogP contribution < -0.4 is 5.73 Å². The van der Waals surface area contributed by atoms with Crippen LogP contribution in [0, 0.1) is 0 Å². The predicted octanol–water partition coefficient (Wildman–Crippen LogP) is 2.97. The lowest BCUT2D eigenvalue weighted by Crippen LogP contribution is -2.45. The summed E-state index contributed by atoms with van der Waals surface area (Å²) in [5.41, 5.74) is 6.07. The van der Waals surface area contributed by atoms with Gasteiger partial charge in [-0.3, -0.25) is 4.99 Å². The van der Waals surface area contributed by atoms with Crippen LogP contribution in [0.2, 0.25) is 0 Å². The lowest BCUT2D eigenvalue weighted by Gasteiger charge is -2.29. The van der Waals surface area contributed by atoms with Gasteiger partial charge in [0.25, 0.3) is 0 Å². The van der Waals surface area contributed by atoms with Crippen LogP contribution in [0.5, 0.6) is 0 Å². The van der Waals surface area contributed by atoms with Crippen LogP contribution >= 0.6 is 27.7 Å². The fraction of sp³-hybridized carbons (Fsp3) is 0.533. The van der Waals surface area contributed by atoms with E-state index in [-0.39, 0.29) is 4.75 Å². The molecule has 0 amide bonds. The Kier molecular flexibility index (Phi) is 5.96. The Morgan fingerprint density at radius 3 is 2.57 bits per heavy atom. The summed E-state index contributed by atoms with van der Waals surface area (Å²) in [5.74, 6) is 0.628. The van der Waals surface area contributed by atoms with Crippen LogP contribution in [0.1, 0.15) is 13.8 Å². The van der Waals surface area contributed by atoms with Crippen LogP contribution in [0.15, 0.2) is 38.6 Å². The third kappa shape index (κ3) is 5.52. The first-order valence-corrected chi connectivity index (χ1v) is 8.64. The molecule has 116 valence electrons. The molecule has 0 spiro atoms. The summed E-state index contributed by atoms with van der Waals surface area (Å²) in [5, 5.41) is 0. The summed E-state index contributed by atoms with van der Waals surface area (Å²) in [4.78, 5) is 7.89. The topological polar surface area (TPSA) is 50.8 Å². The molecule has 1 aromatic carbocycles. The van der Waals surface area contributed by atoms with E-state index in [9.17, 15) is 0 Å². The van der Waals surface area contributed by atoms with E-state index in [2.05, 4.69) is 63.9 Å². The van der Waals surface area contributed by atoms with Gasteiger partial charge in [-0.1, -0.05) is 15.9 Å². The van der Waals surface area contributed by atoms with E-state index in [1.807, 2.05) is 11.8 Å². The number of thioether (sulfide) groups is 1. The molecule has 0 aromatic heterocycles. The van der Waals surface area contributed by atoms with Crippen LogP contribution in [0.3, 0.4) is 0 Å². The summed E-state index contributed by atoms with van der Waals surface area (Å²) in [6.07, 6.45) is 0. The van der Waals surface area contributed by atoms with E-state index < -0.39 is 0 Å². The number of nitrogens with two attached hydrogens (primary N) is 1. The van der Waals surface area contributed by atoms with Crippen molar-refractivity contribution in [2.24, 2.45) is 10.7 Å². The van der Waals surface area contributed by atoms with Gasteiger partial charge in [0, 0.05) is 27.2 Å². The van der Waals surface area contributed by atoms with Gasteiger partial charge in [0.05, 0.1) is 19.8 Å². The van der Waals surface area contributed by atoms with Gasteiger partial charge in [0.2, 0.25) is 0 Å². The van der Waals surface area contributed by atoms with Crippen molar-refractivity contribution in [3.63, 3.8) is 0 Å². The minimum absolute atomic E-state index is 0.00470. The van der Waals surface area contributed by atoms with Crippen LogP contribution in [0.25, 0.3) is 0 Å². The predicted molar refractivity (Wildman–Crippen MR) is 93.0 cm³/mol. The van der Waals surface area contributed by atoms with Crippen molar-refractivity contribution in [2.45, 2.75) is 23.5 Å². The number of guanidine groups is 1. The minimum Gasteiger partial charge on any atom is -0.378 e. The molecule has 0 aliphatic carbocycles. The van der Waals surface area contributed by atoms with E-state index in [0.717, 1.165) is 30.8 Å². The summed E-state index contributed by atoms with van der Waals surface area (Å²) < 4.78 is 6.42. The van der Waals surface area contributed by atoms with Gasteiger partial charge in [-0.25, -0.2) is 0 Å². The average molecular weight is 372 g/mol. The molecule has 1 saturated heterocycles. The molecular formula is C15H22BrN3OS. The van der Waals surface area contributed by atoms with Gasteiger partial charge in [0.15, 0.2) is 5.96 Å². The first kappa shape index (κ1) is 16.6. The zero-order chi connectivity index (χ0) is 15.3. The molecule has 0 bridgehead atoms. The molecule has 4 nitrogen and oxygen atoms in total. The second-order valence-electron chi connectivity index (χ2n) is 5.59. The Hall–Kier alpha value is -0.720. The number of hydrogen-bond donors (Lipinski definition) is 1. The van der Waals surface area contributed by atoms with Gasteiger partial charge < -0.3 is 15.4 Å². The van der Waals surface area contributed by atoms with Gasteiger partial charge >= 0.3 is 0 Å². The van der Waals surface area contributed by atoms with E-state index in [1.54, 1.807) is 0 Å². The standard InChI is InChI=1S/C15H22BrN3OS/c1-15(2,21-13-5-3-12(16)4-6-13)11-18-14(17)19-7-9-20-10-8-19/h3-6H,7-11H2,1-2H3,(H2,17,18). The first-order chi connectivity index (χ1) is 9.96. The summed E-state index contributed by atoms with van der Waals surface area (Å²) in [6.45, 7) is 8.19. The summed E-state index contributed by atoms with van der Waals surface area (Å²) in [7, 11) is 0. The first-order valence-electron chi connectivity index (χ1n) is 7.03. The molecule has 21 heavy (non-hydrogen) atoms. The van der Waals surface area contributed by atoms with Gasteiger partial charge in [0.1, 0.15) is 0 Å². The van der Waals surface area contributed by atoms with Crippen molar-refractivity contribution in [3.8, 4) is 0 Å². The van der Waals surface area contributed by atoms with Gasteiger partial charge in [-0.05, 0) is 38.1 Å². The summed E-state index contributed by atoms with van der Waals surface area (Å²) in [6, 6.07) is 8.35. The second kappa shape index (κ2) is 7.51. The summed E-state index contributed by atoms with van der Waals surface area (Å²) >= 11 is 5.27. The normalized spacial score (nSPS) is 17.1. The number of halogens is 1. The highest BCUT2D eigenvalue weighted by Crippen LogP contribution is 2.33. The molecule has 0 radical (unpaired) electrons. The number of ether oxygens (including phenoxy) is 1. The third-order valence-electron chi connectivity index (χ3n) is 3.16. The molecule has 0 unspecified atom stereocenters. The Morgan fingerprint density at radius 2 is 1.95 bits per heavy atom. The van der Waals surface area contributed by atoms with Crippen LogP contribution in [-0.2, 0) is 4.74 Å². The van der Waals surface area contributed by atoms with Crippen molar-refractivity contribution >= 4 is 33.7 Å². The quantitative estimate of drug-likeness (QED) is 0.502. The number of hydrogen-bond acceptors (Lipinski definition) is 3. The van der Waals surface area contributed by atoms with Crippen molar-refractivity contribution in [2.75, 3.05) is 32.8 Å². The minimum atomic E-state index is 0.00470. The fourth-order valence-electron chi connectivity index (χ4n) is 2.02. The molecule has 1 aromatic rings. The molecule has 2 rings (SSSR count). The zero-order valence-electron chi connectivity index (χ0n) is 12.5. The number of aliphatic imine (C=N–C) groups is 1. The van der Waals surface area contributed by atoms with Crippen molar-refractivity contribution in [3.05, 3.63) is 28.7 Å². The van der Waals surface area contributed by atoms with E-state index in [0.29, 0.717) is 12.5 Å². The van der Waals surface area contributed by atoms with E-state index in [1.165, 1.54) is 4.90 Å². The SMILES string of the molecule is CC(C)(CN=C(N)N1CCOCC1)Sc1ccc(Br)cc1. The molecule has 2 N–H and O–H groups in total. The Balaban J connectivity index is 1.91. The average Bonchev–Trinajstić information content (AvgIpc) is 2.48. The molecule has 1 aliphatic rings. The monoisotopic (exact) mass is 371 g/mol. The van der Waals surface area contributed by atoms with E-state index in [4.69, 9.17) is 10.5 Å². The lowest BCUT2D eigenvalue weighted by atomic mass is 10.2. The zero-order valence-corrected chi connectivity index (χ0v) is 14.9. The number of benzene rings is 1. The Morgan fingerprint density at radius 1 is 1.33 bits per heavy atom. The van der Waals surface area contributed by atoms with Crippen LogP contribution in [0.4, 0.5) is 0 Å². The van der Waals surface area contributed by atoms with E-state index >= 15 is 0 Å². The fourth-order valence-corrected chi connectivity index (χ4v) is 3.32. The number of morpholine rings is 1. The lowest BCUT2D eigenvalue weighted by molar-refractivity contribution is 0.0674. The molecule has 0 saturated carbocycles. The third-order valence-corrected chi connectivity index (χ3v) is 4.88. The Bertz CT molecular complexity index is 484. The number of rotatable bonds is 4. The largest absolute Gasteiger partial charge is 0.378 e. The highest BCUT2D eigenvalue weighted by atomic mass is 79.9. The molecule has 1 fully saturated rings. The molecule has 6 heteroatoms. The molecule has 1 aliphatic heterocycles. The maximum Gasteiger partial charge on any atom is 0.191 e. The van der Waals surface area contributed by atoms with Crippen molar-refractivity contribution in [1.29, 1.82) is 0 Å². The van der Waals surface area contributed by atoms with Gasteiger partial charge in [-0.15, -0.1) is 11.8 Å².